The first-order valence-corrected chi connectivity index (χ1v) is 8.00. The number of halogens is 1. The summed E-state index contributed by atoms with van der Waals surface area (Å²) in [6.45, 7) is 7.31. The van der Waals surface area contributed by atoms with Gasteiger partial charge >= 0.3 is 0 Å². The third-order valence-electron chi connectivity index (χ3n) is 4.27. The number of guanidine groups is 1. The second-order valence-corrected chi connectivity index (χ2v) is 7.05. The van der Waals surface area contributed by atoms with Crippen LogP contribution in [0.4, 0.5) is 0 Å². The molecule has 3 unspecified atom stereocenters. The van der Waals surface area contributed by atoms with Gasteiger partial charge in [-0.3, -0.25) is 4.99 Å². The average molecular weight is 431 g/mol. The van der Waals surface area contributed by atoms with Gasteiger partial charge in [-0.2, -0.15) is 0 Å². The van der Waals surface area contributed by atoms with Crippen molar-refractivity contribution in [2.24, 2.45) is 10.4 Å². The van der Waals surface area contributed by atoms with Crippen molar-refractivity contribution in [1.29, 1.82) is 0 Å². The molecular formula is C18H30IN3O. The van der Waals surface area contributed by atoms with Gasteiger partial charge in [-0.25, -0.2) is 0 Å². The van der Waals surface area contributed by atoms with E-state index in [0.717, 1.165) is 18.9 Å². The Labute approximate surface area is 157 Å². The Bertz CT molecular complexity index is 499. The Morgan fingerprint density at radius 2 is 1.96 bits per heavy atom. The predicted molar refractivity (Wildman–Crippen MR) is 108 cm³/mol. The Balaban J connectivity index is 0.00000264. The fraction of sp³-hybridized carbons (Fsp3) is 0.611. The molecule has 23 heavy (non-hydrogen) atoms. The van der Waals surface area contributed by atoms with E-state index in [4.69, 9.17) is 4.74 Å². The first-order chi connectivity index (χ1) is 10.5. The molecule has 5 heteroatoms. The predicted octanol–water partition coefficient (Wildman–Crippen LogP) is 3.39. The van der Waals surface area contributed by atoms with Crippen LogP contribution in [-0.2, 0) is 4.74 Å². The average Bonchev–Trinajstić information content (AvgIpc) is 3.25. The minimum absolute atomic E-state index is 0. The third-order valence-corrected chi connectivity index (χ3v) is 4.27. The number of nitrogens with zero attached hydrogens (tertiary/aromatic N) is 1. The lowest BCUT2D eigenvalue weighted by Gasteiger charge is -2.30. The number of methoxy groups -OCH3 is 1. The summed E-state index contributed by atoms with van der Waals surface area (Å²) in [4.78, 5) is 4.32. The fourth-order valence-electron chi connectivity index (χ4n) is 2.73. The topological polar surface area (TPSA) is 45.7 Å². The molecule has 2 rings (SSSR count). The number of rotatable bonds is 5. The van der Waals surface area contributed by atoms with Crippen LogP contribution in [0.15, 0.2) is 35.3 Å². The SMILES string of the molecule is CN=C(NCC(OC)C(C)(C)C)NC1CC1c1ccccc1.I. The van der Waals surface area contributed by atoms with Gasteiger partial charge in [0.05, 0.1) is 6.10 Å². The Morgan fingerprint density at radius 1 is 1.30 bits per heavy atom. The number of benzene rings is 1. The van der Waals surface area contributed by atoms with Crippen molar-refractivity contribution in [2.75, 3.05) is 20.7 Å². The minimum atomic E-state index is 0. The van der Waals surface area contributed by atoms with Crippen LogP contribution in [0, 0.1) is 5.41 Å². The summed E-state index contributed by atoms with van der Waals surface area (Å²) < 4.78 is 5.58. The molecule has 2 N–H and O–H groups in total. The van der Waals surface area contributed by atoms with Crippen molar-refractivity contribution in [1.82, 2.24) is 10.6 Å². The van der Waals surface area contributed by atoms with E-state index in [2.05, 4.69) is 66.7 Å². The van der Waals surface area contributed by atoms with Crippen molar-refractivity contribution in [3.05, 3.63) is 35.9 Å². The molecular weight excluding hydrogens is 401 g/mol. The van der Waals surface area contributed by atoms with E-state index in [9.17, 15) is 0 Å². The molecule has 1 aromatic carbocycles. The monoisotopic (exact) mass is 431 g/mol. The number of aliphatic imine (C=N–C) groups is 1. The maximum atomic E-state index is 5.58. The Hall–Kier alpha value is -0.820. The highest BCUT2D eigenvalue weighted by Gasteiger charge is 2.39. The second-order valence-electron chi connectivity index (χ2n) is 7.05. The van der Waals surface area contributed by atoms with Gasteiger partial charge in [0.1, 0.15) is 0 Å². The van der Waals surface area contributed by atoms with E-state index in [1.807, 2.05) is 7.05 Å². The van der Waals surface area contributed by atoms with Crippen molar-refractivity contribution in [2.45, 2.75) is 45.3 Å². The maximum absolute atomic E-state index is 5.58. The Kier molecular flexibility index (Phi) is 7.80. The van der Waals surface area contributed by atoms with E-state index >= 15 is 0 Å². The van der Waals surface area contributed by atoms with Crippen molar-refractivity contribution < 1.29 is 4.74 Å². The molecule has 0 heterocycles. The third kappa shape index (κ3) is 5.95. The lowest BCUT2D eigenvalue weighted by molar-refractivity contribution is 0.0205. The van der Waals surface area contributed by atoms with Crippen molar-refractivity contribution in [3.63, 3.8) is 0 Å². The molecule has 1 saturated carbocycles. The molecule has 1 aromatic rings. The Morgan fingerprint density at radius 3 is 2.48 bits per heavy atom. The van der Waals surface area contributed by atoms with Gasteiger partial charge in [0.15, 0.2) is 5.96 Å². The van der Waals surface area contributed by atoms with Crippen LogP contribution < -0.4 is 10.6 Å². The van der Waals surface area contributed by atoms with Gasteiger partial charge < -0.3 is 15.4 Å². The lowest BCUT2D eigenvalue weighted by atomic mass is 9.89. The van der Waals surface area contributed by atoms with Gasteiger partial charge in [-0.05, 0) is 17.4 Å². The zero-order valence-electron chi connectivity index (χ0n) is 14.8. The quantitative estimate of drug-likeness (QED) is 0.427. The van der Waals surface area contributed by atoms with E-state index in [1.165, 1.54) is 5.56 Å². The first-order valence-electron chi connectivity index (χ1n) is 8.00. The zero-order chi connectivity index (χ0) is 16.2. The molecule has 1 aliphatic rings. The van der Waals surface area contributed by atoms with Crippen molar-refractivity contribution >= 4 is 29.9 Å². The molecule has 0 amide bonds. The highest BCUT2D eigenvalue weighted by molar-refractivity contribution is 14.0. The molecule has 3 atom stereocenters. The van der Waals surface area contributed by atoms with Gasteiger partial charge in [-0.1, -0.05) is 51.1 Å². The van der Waals surface area contributed by atoms with Crippen LogP contribution in [0.3, 0.4) is 0 Å². The largest absolute Gasteiger partial charge is 0.379 e. The van der Waals surface area contributed by atoms with Crippen LogP contribution in [-0.4, -0.2) is 38.8 Å². The highest BCUT2D eigenvalue weighted by Crippen LogP contribution is 2.40. The summed E-state index contributed by atoms with van der Waals surface area (Å²) in [5, 5.41) is 6.89. The molecule has 0 saturated heterocycles. The normalized spacial score (nSPS) is 22.0. The maximum Gasteiger partial charge on any atom is 0.191 e. The van der Waals surface area contributed by atoms with Crippen LogP contribution in [0.2, 0.25) is 0 Å². The summed E-state index contributed by atoms with van der Waals surface area (Å²) in [6.07, 6.45) is 1.31. The molecule has 0 bridgehead atoms. The molecule has 0 radical (unpaired) electrons. The molecule has 0 aliphatic heterocycles. The molecule has 130 valence electrons. The number of nitrogens with one attached hydrogen (secondary N) is 2. The van der Waals surface area contributed by atoms with Crippen LogP contribution in [0.25, 0.3) is 0 Å². The fourth-order valence-corrected chi connectivity index (χ4v) is 2.73. The number of ether oxygens (including phenoxy) is 1. The molecule has 0 spiro atoms. The molecule has 1 aliphatic carbocycles. The zero-order valence-corrected chi connectivity index (χ0v) is 17.1. The van der Waals surface area contributed by atoms with Crippen molar-refractivity contribution in [3.8, 4) is 0 Å². The van der Waals surface area contributed by atoms with Gasteiger partial charge in [0.2, 0.25) is 0 Å². The van der Waals surface area contributed by atoms with E-state index in [0.29, 0.717) is 12.0 Å². The summed E-state index contributed by atoms with van der Waals surface area (Å²) in [7, 11) is 3.58. The van der Waals surface area contributed by atoms with Gasteiger partial charge in [0.25, 0.3) is 0 Å². The standard InChI is InChI=1S/C18H29N3O.HI/c1-18(2,3)16(22-5)12-20-17(19-4)21-15-11-14(15)13-9-7-6-8-10-13;/h6-10,14-16H,11-12H2,1-5H3,(H2,19,20,21);1H. The summed E-state index contributed by atoms with van der Waals surface area (Å²) in [5.41, 5.74) is 1.51. The first kappa shape index (κ1) is 20.2. The van der Waals surface area contributed by atoms with Crippen LogP contribution in [0.5, 0.6) is 0 Å². The smallest absolute Gasteiger partial charge is 0.191 e. The van der Waals surface area contributed by atoms with Crippen LogP contribution in [0.1, 0.15) is 38.7 Å². The molecule has 0 aromatic heterocycles. The molecule has 4 nitrogen and oxygen atoms in total. The summed E-state index contributed by atoms with van der Waals surface area (Å²) in [6, 6.07) is 11.1. The number of hydrogen-bond donors (Lipinski definition) is 2. The second kappa shape index (κ2) is 8.87. The molecule has 1 fully saturated rings. The number of hydrogen-bond acceptors (Lipinski definition) is 2. The van der Waals surface area contributed by atoms with Gasteiger partial charge in [-0.15, -0.1) is 24.0 Å². The summed E-state index contributed by atoms with van der Waals surface area (Å²) in [5.74, 6) is 1.45. The van der Waals surface area contributed by atoms with E-state index in [1.54, 1.807) is 7.11 Å². The van der Waals surface area contributed by atoms with Gasteiger partial charge in [0, 0.05) is 32.7 Å². The lowest BCUT2D eigenvalue weighted by Crippen LogP contribution is -2.46. The highest BCUT2D eigenvalue weighted by atomic mass is 127. The minimum Gasteiger partial charge on any atom is -0.379 e. The summed E-state index contributed by atoms with van der Waals surface area (Å²) >= 11 is 0. The van der Waals surface area contributed by atoms with Crippen LogP contribution >= 0.6 is 24.0 Å². The van der Waals surface area contributed by atoms with E-state index < -0.39 is 0 Å². The van der Waals surface area contributed by atoms with E-state index in [-0.39, 0.29) is 35.5 Å².